The second-order valence-electron chi connectivity index (χ2n) is 6.82. The molecule has 0 amide bonds. The van der Waals surface area contributed by atoms with Gasteiger partial charge in [-0.2, -0.15) is 0 Å². The first-order valence-electron chi connectivity index (χ1n) is 9.34. The van der Waals surface area contributed by atoms with E-state index in [0.29, 0.717) is 4.90 Å². The topological polar surface area (TPSA) is 73.8 Å². The molecule has 28 heavy (non-hydrogen) atoms. The molecule has 0 aliphatic carbocycles. The monoisotopic (exact) mass is 402 g/mol. The van der Waals surface area contributed by atoms with Crippen LogP contribution in [0.15, 0.2) is 64.5 Å². The Bertz CT molecular complexity index is 850. The van der Waals surface area contributed by atoms with Gasteiger partial charge in [0.05, 0.1) is 4.90 Å². The summed E-state index contributed by atoms with van der Waals surface area (Å²) in [4.78, 5) is 6.85. The molecule has 152 valence electrons. The van der Waals surface area contributed by atoms with Gasteiger partial charge in [0.25, 0.3) is 0 Å². The second kappa shape index (κ2) is 10.8. The van der Waals surface area contributed by atoms with E-state index in [1.54, 1.807) is 19.2 Å². The molecule has 2 aromatic rings. The highest BCUT2D eigenvalue weighted by Crippen LogP contribution is 2.10. The summed E-state index contributed by atoms with van der Waals surface area (Å²) in [5.41, 5.74) is 2.38. The van der Waals surface area contributed by atoms with E-state index in [1.807, 2.05) is 18.2 Å². The molecule has 6 nitrogen and oxygen atoms in total. The third kappa shape index (κ3) is 7.70. The van der Waals surface area contributed by atoms with Gasteiger partial charge in [0.1, 0.15) is 0 Å². The molecule has 0 unspecified atom stereocenters. The Labute approximate surface area is 168 Å². The quantitative estimate of drug-likeness (QED) is 0.495. The smallest absolute Gasteiger partial charge is 0.191 e. The van der Waals surface area contributed by atoms with E-state index in [-0.39, 0.29) is 0 Å². The van der Waals surface area contributed by atoms with Crippen LogP contribution < -0.4 is 10.6 Å². The molecular formula is C21H30N4O2S. The van der Waals surface area contributed by atoms with Crippen LogP contribution in [0.2, 0.25) is 0 Å². The molecule has 0 aliphatic heterocycles. The third-order valence-corrected chi connectivity index (χ3v) is 5.49. The predicted molar refractivity (Wildman–Crippen MR) is 115 cm³/mol. The Morgan fingerprint density at radius 2 is 1.61 bits per heavy atom. The predicted octanol–water partition coefficient (Wildman–Crippen LogP) is 1.93. The summed E-state index contributed by atoms with van der Waals surface area (Å²) in [6, 6.07) is 17.4. The van der Waals surface area contributed by atoms with Crippen molar-refractivity contribution in [1.82, 2.24) is 15.5 Å². The Morgan fingerprint density at radius 1 is 0.964 bits per heavy atom. The lowest BCUT2D eigenvalue weighted by Gasteiger charge is -2.18. The Kier molecular flexibility index (Phi) is 8.47. The maximum Gasteiger partial charge on any atom is 0.191 e. The first kappa shape index (κ1) is 21.9. The Balaban J connectivity index is 1.68. The standard InChI is InChI=1S/C21H30N4O2S/c1-22-21(24-15-16-25(2)17-19-7-5-4-6-8-19)23-14-13-18-9-11-20(12-10-18)28(3,26)27/h4-12H,13-17H2,1-3H3,(H2,22,23,24). The van der Waals surface area contributed by atoms with Crippen molar-refractivity contribution < 1.29 is 8.42 Å². The first-order chi connectivity index (χ1) is 13.4. The van der Waals surface area contributed by atoms with Crippen molar-refractivity contribution in [2.24, 2.45) is 4.99 Å². The van der Waals surface area contributed by atoms with Crippen molar-refractivity contribution in [1.29, 1.82) is 0 Å². The van der Waals surface area contributed by atoms with Gasteiger partial charge in [0.15, 0.2) is 15.8 Å². The number of rotatable bonds is 9. The van der Waals surface area contributed by atoms with Crippen molar-refractivity contribution in [2.45, 2.75) is 17.9 Å². The maximum absolute atomic E-state index is 11.5. The molecule has 0 bridgehead atoms. The van der Waals surface area contributed by atoms with Gasteiger partial charge in [-0.1, -0.05) is 42.5 Å². The molecule has 0 aromatic heterocycles. The third-order valence-electron chi connectivity index (χ3n) is 4.36. The molecule has 7 heteroatoms. The molecule has 0 fully saturated rings. The van der Waals surface area contributed by atoms with Crippen molar-refractivity contribution in [3.8, 4) is 0 Å². The molecule has 0 heterocycles. The molecular weight excluding hydrogens is 372 g/mol. The summed E-state index contributed by atoms with van der Waals surface area (Å²) in [5.74, 6) is 0.765. The molecule has 2 rings (SSSR count). The molecule has 0 saturated heterocycles. The number of guanidine groups is 1. The number of benzene rings is 2. The van der Waals surface area contributed by atoms with Gasteiger partial charge < -0.3 is 15.5 Å². The number of nitrogens with zero attached hydrogens (tertiary/aromatic N) is 2. The van der Waals surface area contributed by atoms with Gasteiger partial charge in [-0.3, -0.25) is 4.99 Å². The largest absolute Gasteiger partial charge is 0.356 e. The van der Waals surface area contributed by atoms with Gasteiger partial charge in [-0.25, -0.2) is 8.42 Å². The fraction of sp³-hybridized carbons (Fsp3) is 0.381. The fourth-order valence-electron chi connectivity index (χ4n) is 2.79. The molecule has 0 aliphatic rings. The van der Waals surface area contributed by atoms with Crippen molar-refractivity contribution in [3.05, 3.63) is 65.7 Å². The molecule has 0 radical (unpaired) electrons. The highest BCUT2D eigenvalue weighted by molar-refractivity contribution is 7.90. The van der Waals surface area contributed by atoms with E-state index < -0.39 is 9.84 Å². The number of hydrogen-bond acceptors (Lipinski definition) is 4. The van der Waals surface area contributed by atoms with Crippen molar-refractivity contribution in [2.75, 3.05) is 40.0 Å². The summed E-state index contributed by atoms with van der Waals surface area (Å²) < 4.78 is 23.0. The SMILES string of the molecule is CN=C(NCCc1ccc(S(C)(=O)=O)cc1)NCCN(C)Cc1ccccc1. The number of aliphatic imine (C=N–C) groups is 1. The second-order valence-corrected chi connectivity index (χ2v) is 8.83. The van der Waals surface area contributed by atoms with E-state index in [0.717, 1.165) is 44.1 Å². The van der Waals surface area contributed by atoms with Crippen LogP contribution in [0.4, 0.5) is 0 Å². The number of hydrogen-bond donors (Lipinski definition) is 2. The van der Waals surface area contributed by atoms with Crippen LogP contribution in [-0.2, 0) is 22.8 Å². The van der Waals surface area contributed by atoms with Crippen LogP contribution in [0.25, 0.3) is 0 Å². The highest BCUT2D eigenvalue weighted by atomic mass is 32.2. The minimum absolute atomic E-state index is 0.348. The van der Waals surface area contributed by atoms with Crippen LogP contribution in [0.1, 0.15) is 11.1 Å². The van der Waals surface area contributed by atoms with Gasteiger partial charge in [0.2, 0.25) is 0 Å². The molecule has 2 N–H and O–H groups in total. The lowest BCUT2D eigenvalue weighted by molar-refractivity contribution is 0.331. The normalized spacial score (nSPS) is 12.2. The van der Waals surface area contributed by atoms with Crippen LogP contribution >= 0.6 is 0 Å². The van der Waals surface area contributed by atoms with Crippen molar-refractivity contribution in [3.63, 3.8) is 0 Å². The lowest BCUT2D eigenvalue weighted by Crippen LogP contribution is -2.41. The molecule has 0 spiro atoms. The van der Waals surface area contributed by atoms with Gasteiger partial charge in [-0.15, -0.1) is 0 Å². The Morgan fingerprint density at radius 3 is 2.21 bits per heavy atom. The summed E-state index contributed by atoms with van der Waals surface area (Å²) in [6.45, 7) is 3.34. The lowest BCUT2D eigenvalue weighted by atomic mass is 10.1. The van der Waals surface area contributed by atoms with E-state index in [9.17, 15) is 8.42 Å². The Hall–Kier alpha value is -2.38. The zero-order valence-corrected chi connectivity index (χ0v) is 17.7. The van der Waals surface area contributed by atoms with Crippen molar-refractivity contribution >= 4 is 15.8 Å². The highest BCUT2D eigenvalue weighted by Gasteiger charge is 2.06. The average molecular weight is 403 g/mol. The van der Waals surface area contributed by atoms with E-state index in [2.05, 4.69) is 51.8 Å². The molecule has 2 aromatic carbocycles. The van der Waals surface area contributed by atoms with Gasteiger partial charge >= 0.3 is 0 Å². The average Bonchev–Trinajstić information content (AvgIpc) is 2.67. The summed E-state index contributed by atoms with van der Waals surface area (Å²) in [5, 5.41) is 6.61. The van der Waals surface area contributed by atoms with Crippen LogP contribution in [0, 0.1) is 0 Å². The van der Waals surface area contributed by atoms with E-state index in [4.69, 9.17) is 0 Å². The maximum atomic E-state index is 11.5. The zero-order chi connectivity index (χ0) is 20.4. The first-order valence-corrected chi connectivity index (χ1v) is 11.2. The molecule has 0 atom stereocenters. The summed E-state index contributed by atoms with van der Waals surface area (Å²) >= 11 is 0. The number of nitrogens with one attached hydrogen (secondary N) is 2. The van der Waals surface area contributed by atoms with Gasteiger partial charge in [-0.05, 0) is 36.7 Å². The minimum atomic E-state index is -3.14. The fourth-order valence-corrected chi connectivity index (χ4v) is 3.42. The summed E-state index contributed by atoms with van der Waals surface area (Å²) in [7, 11) is 0.712. The van der Waals surface area contributed by atoms with E-state index in [1.165, 1.54) is 11.8 Å². The number of likely N-dealkylation sites (N-methyl/N-ethyl adjacent to an activating group) is 1. The minimum Gasteiger partial charge on any atom is -0.356 e. The molecule has 0 saturated carbocycles. The van der Waals surface area contributed by atoms with Crippen LogP contribution in [0.5, 0.6) is 0 Å². The van der Waals surface area contributed by atoms with E-state index >= 15 is 0 Å². The van der Waals surface area contributed by atoms with Crippen LogP contribution in [-0.4, -0.2) is 59.3 Å². The van der Waals surface area contributed by atoms with Gasteiger partial charge in [0, 0.05) is 39.5 Å². The van der Waals surface area contributed by atoms with Crippen LogP contribution in [0.3, 0.4) is 0 Å². The summed E-state index contributed by atoms with van der Waals surface area (Å²) in [6.07, 6.45) is 2.01. The number of sulfone groups is 1. The zero-order valence-electron chi connectivity index (χ0n) is 16.9.